The molecule has 0 aromatic rings. The normalized spacial score (nSPS) is 27.6. The molecule has 5 heteroatoms. The topological polar surface area (TPSA) is 70.6 Å². The molecule has 0 bridgehead atoms. The largest absolute Gasteiger partial charge is 0.317 e. The van der Waals surface area contributed by atoms with Gasteiger partial charge in [0.2, 0.25) is 5.91 Å². The van der Waals surface area contributed by atoms with Crippen LogP contribution in [0.15, 0.2) is 4.99 Å². The lowest BCUT2D eigenvalue weighted by molar-refractivity contribution is -0.133. The fourth-order valence-electron chi connectivity index (χ4n) is 2.20. The summed E-state index contributed by atoms with van der Waals surface area (Å²) in [5, 5.41) is 6.02. The molecular formula is C11H17N3O2. The summed E-state index contributed by atoms with van der Waals surface area (Å²) in [6, 6.07) is 0. The second kappa shape index (κ2) is 4.74. The summed E-state index contributed by atoms with van der Waals surface area (Å²) in [4.78, 5) is 27.3. The molecule has 2 aliphatic heterocycles. The molecule has 0 saturated carbocycles. The number of hydrogen-bond acceptors (Lipinski definition) is 3. The fraction of sp³-hybridized carbons (Fsp3) is 0.727. The molecular weight excluding hydrogens is 206 g/mol. The first kappa shape index (κ1) is 11.3. The van der Waals surface area contributed by atoms with Crippen molar-refractivity contribution in [2.75, 3.05) is 13.1 Å². The third kappa shape index (κ3) is 2.14. The Bertz CT molecular complexity index is 332. The number of rotatable bonds is 2. The van der Waals surface area contributed by atoms with Crippen molar-refractivity contribution in [2.45, 2.75) is 26.2 Å². The van der Waals surface area contributed by atoms with Crippen LogP contribution in [0.3, 0.4) is 0 Å². The molecule has 1 saturated heterocycles. The highest BCUT2D eigenvalue weighted by Gasteiger charge is 2.33. The van der Waals surface area contributed by atoms with E-state index in [9.17, 15) is 9.59 Å². The van der Waals surface area contributed by atoms with Gasteiger partial charge < -0.3 is 10.6 Å². The number of carbonyl (C=O) groups excluding carboxylic acids is 2. The molecule has 2 heterocycles. The Balaban J connectivity index is 2.11. The highest BCUT2D eigenvalue weighted by atomic mass is 16.2. The lowest BCUT2D eigenvalue weighted by Gasteiger charge is -2.27. The molecule has 16 heavy (non-hydrogen) atoms. The average molecular weight is 223 g/mol. The van der Waals surface area contributed by atoms with Crippen LogP contribution in [0, 0.1) is 11.8 Å². The van der Waals surface area contributed by atoms with Gasteiger partial charge in [-0.25, -0.2) is 0 Å². The number of amidine groups is 1. The van der Waals surface area contributed by atoms with E-state index >= 15 is 0 Å². The van der Waals surface area contributed by atoms with Crippen LogP contribution in [0.2, 0.25) is 0 Å². The molecule has 0 aromatic heterocycles. The van der Waals surface area contributed by atoms with E-state index in [1.54, 1.807) is 0 Å². The Kier molecular flexibility index (Phi) is 3.33. The van der Waals surface area contributed by atoms with E-state index in [1.165, 1.54) is 0 Å². The minimum absolute atomic E-state index is 0.184. The van der Waals surface area contributed by atoms with Gasteiger partial charge in [-0.3, -0.25) is 9.59 Å². The summed E-state index contributed by atoms with van der Waals surface area (Å²) in [7, 11) is 0. The van der Waals surface area contributed by atoms with Gasteiger partial charge in [0.05, 0.1) is 0 Å². The minimum atomic E-state index is -0.578. The van der Waals surface area contributed by atoms with Crippen molar-refractivity contribution in [2.24, 2.45) is 16.8 Å². The standard InChI is InChI=1S/C11H17N3O2/c1-2-8-10(15)13-9(14-11(8)16)7-3-5-12-6-4-7/h7-8,12H,2-6H2,1H3,(H,13,14,15,16). The van der Waals surface area contributed by atoms with E-state index in [1.807, 2.05) is 6.92 Å². The first-order valence-electron chi connectivity index (χ1n) is 5.86. The van der Waals surface area contributed by atoms with Crippen LogP contribution in [-0.2, 0) is 9.59 Å². The Morgan fingerprint density at radius 2 is 2.00 bits per heavy atom. The van der Waals surface area contributed by atoms with Crippen molar-refractivity contribution in [1.29, 1.82) is 0 Å². The van der Waals surface area contributed by atoms with Gasteiger partial charge >= 0.3 is 0 Å². The predicted octanol–water partition coefficient (Wildman–Crippen LogP) is 0.0671. The molecule has 2 aliphatic rings. The smallest absolute Gasteiger partial charge is 0.259 e. The van der Waals surface area contributed by atoms with Crippen molar-refractivity contribution < 1.29 is 9.59 Å². The van der Waals surface area contributed by atoms with Gasteiger partial charge in [0, 0.05) is 5.92 Å². The number of aliphatic imine (C=N–C) groups is 1. The lowest BCUT2D eigenvalue weighted by atomic mass is 9.94. The van der Waals surface area contributed by atoms with Gasteiger partial charge in [-0.2, -0.15) is 4.99 Å². The molecule has 2 amide bonds. The van der Waals surface area contributed by atoms with Crippen LogP contribution in [0.4, 0.5) is 0 Å². The quantitative estimate of drug-likeness (QED) is 0.651. The van der Waals surface area contributed by atoms with Gasteiger partial charge in [0.15, 0.2) is 0 Å². The van der Waals surface area contributed by atoms with Crippen LogP contribution in [0.1, 0.15) is 26.2 Å². The Morgan fingerprint density at radius 1 is 1.31 bits per heavy atom. The van der Waals surface area contributed by atoms with E-state index in [0.29, 0.717) is 12.3 Å². The molecule has 88 valence electrons. The van der Waals surface area contributed by atoms with E-state index < -0.39 is 5.92 Å². The highest BCUT2D eigenvalue weighted by molar-refractivity contribution is 6.16. The number of hydrogen-bond donors (Lipinski definition) is 2. The molecule has 0 radical (unpaired) electrons. The van der Waals surface area contributed by atoms with Crippen LogP contribution < -0.4 is 10.6 Å². The molecule has 1 fully saturated rings. The van der Waals surface area contributed by atoms with Crippen LogP contribution in [0.25, 0.3) is 0 Å². The SMILES string of the molecule is CCC1C(=O)N=C(C2CCNCC2)NC1=O. The van der Waals surface area contributed by atoms with Crippen LogP contribution in [0.5, 0.6) is 0 Å². The van der Waals surface area contributed by atoms with Crippen molar-refractivity contribution in [1.82, 2.24) is 10.6 Å². The van der Waals surface area contributed by atoms with E-state index in [0.717, 1.165) is 25.9 Å². The maximum absolute atomic E-state index is 11.7. The summed E-state index contributed by atoms with van der Waals surface area (Å²) in [5.74, 6) is -0.227. The Hall–Kier alpha value is -1.23. The molecule has 2 rings (SSSR count). The summed E-state index contributed by atoms with van der Waals surface area (Å²) in [5.41, 5.74) is 0. The third-order valence-electron chi connectivity index (χ3n) is 3.23. The number of nitrogens with one attached hydrogen (secondary N) is 2. The van der Waals surface area contributed by atoms with Gasteiger partial charge in [-0.05, 0) is 32.4 Å². The summed E-state index contributed by atoms with van der Waals surface area (Å²) in [6.45, 7) is 3.67. The van der Waals surface area contributed by atoms with E-state index in [2.05, 4.69) is 15.6 Å². The van der Waals surface area contributed by atoms with E-state index in [4.69, 9.17) is 0 Å². The zero-order valence-electron chi connectivity index (χ0n) is 9.45. The van der Waals surface area contributed by atoms with Crippen molar-refractivity contribution in [3.63, 3.8) is 0 Å². The van der Waals surface area contributed by atoms with E-state index in [-0.39, 0.29) is 17.7 Å². The second-order valence-corrected chi connectivity index (χ2v) is 4.31. The Morgan fingerprint density at radius 3 is 2.56 bits per heavy atom. The lowest BCUT2D eigenvalue weighted by Crippen LogP contribution is -2.48. The molecule has 0 aromatic carbocycles. The number of nitrogens with zero attached hydrogens (tertiary/aromatic N) is 1. The zero-order chi connectivity index (χ0) is 11.5. The summed E-state index contributed by atoms with van der Waals surface area (Å²) >= 11 is 0. The highest BCUT2D eigenvalue weighted by Crippen LogP contribution is 2.18. The predicted molar refractivity (Wildman–Crippen MR) is 60.0 cm³/mol. The van der Waals surface area contributed by atoms with Gasteiger partial charge in [-0.15, -0.1) is 0 Å². The summed E-state index contributed by atoms with van der Waals surface area (Å²) < 4.78 is 0. The molecule has 5 nitrogen and oxygen atoms in total. The maximum atomic E-state index is 11.7. The average Bonchev–Trinajstić information content (AvgIpc) is 2.30. The molecule has 1 unspecified atom stereocenters. The summed E-state index contributed by atoms with van der Waals surface area (Å²) in [6.07, 6.45) is 2.39. The second-order valence-electron chi connectivity index (χ2n) is 4.31. The number of piperidine rings is 1. The minimum Gasteiger partial charge on any atom is -0.317 e. The van der Waals surface area contributed by atoms with Crippen LogP contribution >= 0.6 is 0 Å². The molecule has 1 atom stereocenters. The molecule has 0 spiro atoms. The monoisotopic (exact) mass is 223 g/mol. The molecule has 0 aliphatic carbocycles. The van der Waals surface area contributed by atoms with Crippen molar-refractivity contribution in [3.8, 4) is 0 Å². The Labute approximate surface area is 94.7 Å². The van der Waals surface area contributed by atoms with Crippen molar-refractivity contribution in [3.05, 3.63) is 0 Å². The number of carbonyl (C=O) groups is 2. The first-order valence-corrected chi connectivity index (χ1v) is 5.86. The maximum Gasteiger partial charge on any atom is 0.259 e. The van der Waals surface area contributed by atoms with Crippen molar-refractivity contribution >= 4 is 17.6 Å². The third-order valence-corrected chi connectivity index (χ3v) is 3.23. The molecule has 2 N–H and O–H groups in total. The fourth-order valence-corrected chi connectivity index (χ4v) is 2.20. The zero-order valence-corrected chi connectivity index (χ0v) is 9.45. The van der Waals surface area contributed by atoms with Gasteiger partial charge in [-0.1, -0.05) is 6.92 Å². The first-order chi connectivity index (χ1) is 7.72. The van der Waals surface area contributed by atoms with Gasteiger partial charge in [0.25, 0.3) is 5.91 Å². The van der Waals surface area contributed by atoms with Crippen LogP contribution in [-0.4, -0.2) is 30.7 Å². The van der Waals surface area contributed by atoms with Gasteiger partial charge in [0.1, 0.15) is 11.8 Å². The number of amides is 2.